The van der Waals surface area contributed by atoms with Gasteiger partial charge in [0.1, 0.15) is 11.5 Å². The van der Waals surface area contributed by atoms with Crippen molar-refractivity contribution in [2.45, 2.75) is 39.8 Å². The maximum absolute atomic E-state index is 6.09. The van der Waals surface area contributed by atoms with Gasteiger partial charge in [-0.1, -0.05) is 19.9 Å². The van der Waals surface area contributed by atoms with Crippen LogP contribution in [0.3, 0.4) is 0 Å². The van der Waals surface area contributed by atoms with Gasteiger partial charge in [-0.05, 0) is 31.9 Å². The Morgan fingerprint density at radius 3 is 2.65 bits per heavy atom. The van der Waals surface area contributed by atoms with Gasteiger partial charge >= 0.3 is 0 Å². The molecule has 1 aliphatic heterocycles. The molecule has 2 rings (SSSR count). The van der Waals surface area contributed by atoms with E-state index in [2.05, 4.69) is 29.1 Å². The third-order valence-electron chi connectivity index (χ3n) is 3.92. The molecule has 1 atom stereocenters. The van der Waals surface area contributed by atoms with Crippen LogP contribution in [0.15, 0.2) is 46.4 Å². The molecule has 5 N–H and O–H groups in total. The molecule has 26 heavy (non-hydrogen) atoms. The van der Waals surface area contributed by atoms with E-state index in [4.69, 9.17) is 20.9 Å². The first-order valence-corrected chi connectivity index (χ1v) is 8.48. The van der Waals surface area contributed by atoms with Gasteiger partial charge in [-0.15, -0.1) is 0 Å². The van der Waals surface area contributed by atoms with Crippen LogP contribution in [0, 0.1) is 0 Å². The number of allylic oxidation sites excluding steroid dienone is 1. The summed E-state index contributed by atoms with van der Waals surface area (Å²) in [5.41, 5.74) is 14.3. The van der Waals surface area contributed by atoms with Gasteiger partial charge in [0.2, 0.25) is 0 Å². The van der Waals surface area contributed by atoms with Crippen molar-refractivity contribution in [3.63, 3.8) is 0 Å². The Bertz CT molecular complexity index is 778. The summed E-state index contributed by atoms with van der Waals surface area (Å²) in [6, 6.07) is 3.90. The standard InChI is InChI=1S/C19H27N5O2/c1-6-7-22-12(4)14-9-16(13(11(2)3)8-15(14)25-5)26-17-10-23-19(21)24-18(17)20/h6-11,18H,20H2,1-5H3,(H3,21,23,24)/b7-6-,22-12?. The molecule has 0 bridgehead atoms. The normalized spacial score (nSPS) is 17.8. The summed E-state index contributed by atoms with van der Waals surface area (Å²) in [7, 11) is 1.65. The fraction of sp³-hybridized carbons (Fsp3) is 0.368. The number of ether oxygens (including phenoxy) is 2. The van der Waals surface area contributed by atoms with E-state index in [0.717, 1.165) is 22.6 Å². The fourth-order valence-corrected chi connectivity index (χ4v) is 2.52. The first-order valence-electron chi connectivity index (χ1n) is 8.48. The zero-order valence-corrected chi connectivity index (χ0v) is 15.9. The van der Waals surface area contributed by atoms with E-state index in [0.29, 0.717) is 11.5 Å². The van der Waals surface area contributed by atoms with E-state index in [-0.39, 0.29) is 11.9 Å². The van der Waals surface area contributed by atoms with Gasteiger partial charge in [0.05, 0.1) is 7.11 Å². The van der Waals surface area contributed by atoms with Crippen LogP contribution in [0.2, 0.25) is 0 Å². The van der Waals surface area contributed by atoms with Crippen molar-refractivity contribution in [2.24, 2.45) is 21.5 Å². The molecule has 7 heteroatoms. The number of benzene rings is 1. The van der Waals surface area contributed by atoms with Crippen molar-refractivity contribution in [3.8, 4) is 11.5 Å². The van der Waals surface area contributed by atoms with Crippen LogP contribution in [0.25, 0.3) is 0 Å². The lowest BCUT2D eigenvalue weighted by atomic mass is 9.98. The molecule has 0 amide bonds. The predicted octanol–water partition coefficient (Wildman–Crippen LogP) is 2.58. The molecule has 0 spiro atoms. The lowest BCUT2D eigenvalue weighted by Crippen LogP contribution is -2.39. The largest absolute Gasteiger partial charge is 0.496 e. The average Bonchev–Trinajstić information content (AvgIpc) is 2.61. The predicted molar refractivity (Wildman–Crippen MR) is 106 cm³/mol. The van der Waals surface area contributed by atoms with Crippen LogP contribution in [-0.2, 0) is 0 Å². The molecule has 1 unspecified atom stereocenters. The fourth-order valence-electron chi connectivity index (χ4n) is 2.52. The smallest absolute Gasteiger partial charge is 0.194 e. The number of nitrogens with one attached hydrogen (secondary N) is 1. The topological polar surface area (TPSA) is 107 Å². The van der Waals surface area contributed by atoms with Gasteiger partial charge in [0.15, 0.2) is 17.9 Å². The van der Waals surface area contributed by atoms with E-state index in [9.17, 15) is 0 Å². The Labute approximate surface area is 154 Å². The minimum Gasteiger partial charge on any atom is -0.496 e. The highest BCUT2D eigenvalue weighted by atomic mass is 16.5. The third-order valence-corrected chi connectivity index (χ3v) is 3.92. The second-order valence-electron chi connectivity index (χ2n) is 6.19. The number of aliphatic imine (C=N–C) groups is 2. The van der Waals surface area contributed by atoms with Crippen molar-refractivity contribution >= 4 is 11.7 Å². The number of methoxy groups -OCH3 is 1. The van der Waals surface area contributed by atoms with Crippen molar-refractivity contribution in [3.05, 3.63) is 47.5 Å². The van der Waals surface area contributed by atoms with Gasteiger partial charge in [-0.3, -0.25) is 4.99 Å². The summed E-state index contributed by atoms with van der Waals surface area (Å²) in [5.74, 6) is 2.40. The Morgan fingerprint density at radius 1 is 1.35 bits per heavy atom. The number of rotatable bonds is 6. The molecule has 7 nitrogen and oxygen atoms in total. The van der Waals surface area contributed by atoms with Gasteiger partial charge < -0.3 is 26.3 Å². The number of guanidine groups is 1. The van der Waals surface area contributed by atoms with Crippen molar-refractivity contribution < 1.29 is 9.47 Å². The average molecular weight is 357 g/mol. The number of nitrogens with two attached hydrogens (primary N) is 2. The molecular formula is C19H27N5O2. The van der Waals surface area contributed by atoms with Crippen molar-refractivity contribution in [1.29, 1.82) is 0 Å². The van der Waals surface area contributed by atoms with Crippen molar-refractivity contribution in [2.75, 3.05) is 7.11 Å². The van der Waals surface area contributed by atoms with E-state index in [1.165, 1.54) is 0 Å². The highest BCUT2D eigenvalue weighted by molar-refractivity contribution is 6.02. The summed E-state index contributed by atoms with van der Waals surface area (Å²) in [5, 5.41) is 2.82. The minimum atomic E-state index is -0.653. The van der Waals surface area contributed by atoms with Crippen LogP contribution in [0.1, 0.15) is 44.7 Å². The molecule has 0 saturated carbocycles. The molecule has 0 fully saturated rings. The van der Waals surface area contributed by atoms with Gasteiger partial charge in [0.25, 0.3) is 0 Å². The molecule has 1 aromatic carbocycles. The number of hydrogen-bond acceptors (Lipinski definition) is 7. The van der Waals surface area contributed by atoms with Gasteiger partial charge in [0, 0.05) is 29.2 Å². The quantitative estimate of drug-likeness (QED) is 0.678. The highest BCUT2D eigenvalue weighted by Gasteiger charge is 2.21. The molecular weight excluding hydrogens is 330 g/mol. The molecule has 1 aliphatic rings. The summed E-state index contributed by atoms with van der Waals surface area (Å²) in [6.07, 6.45) is 4.59. The Hall–Kier alpha value is -2.80. The molecule has 1 aromatic rings. The zero-order valence-electron chi connectivity index (χ0n) is 15.9. The van der Waals surface area contributed by atoms with Crippen LogP contribution in [0.4, 0.5) is 0 Å². The second-order valence-corrected chi connectivity index (χ2v) is 6.19. The number of hydrogen-bond donors (Lipinski definition) is 3. The van der Waals surface area contributed by atoms with E-state index in [1.807, 2.05) is 32.1 Å². The van der Waals surface area contributed by atoms with Crippen LogP contribution in [-0.4, -0.2) is 24.9 Å². The van der Waals surface area contributed by atoms with Crippen molar-refractivity contribution in [1.82, 2.24) is 5.32 Å². The van der Waals surface area contributed by atoms with Crippen LogP contribution < -0.4 is 26.3 Å². The second kappa shape index (κ2) is 8.53. The Morgan fingerprint density at radius 2 is 2.08 bits per heavy atom. The lowest BCUT2D eigenvalue weighted by Gasteiger charge is -2.22. The van der Waals surface area contributed by atoms with Gasteiger partial charge in [-0.25, -0.2) is 4.99 Å². The minimum absolute atomic E-state index is 0.225. The molecule has 1 heterocycles. The first-order chi connectivity index (χ1) is 12.4. The molecule has 0 radical (unpaired) electrons. The maximum atomic E-state index is 6.09. The number of nitrogens with zero attached hydrogens (tertiary/aromatic N) is 2. The maximum Gasteiger partial charge on any atom is 0.194 e. The lowest BCUT2D eigenvalue weighted by molar-refractivity contribution is 0.370. The summed E-state index contributed by atoms with van der Waals surface area (Å²) in [4.78, 5) is 8.50. The monoisotopic (exact) mass is 357 g/mol. The SMILES string of the molecule is C/C=C\N=C(C)c1cc(OC2=CNC(N)=NC2N)c(C(C)C)cc1OC. The molecule has 140 valence electrons. The first kappa shape index (κ1) is 19.5. The molecule has 0 saturated heterocycles. The molecule has 0 aliphatic carbocycles. The van der Waals surface area contributed by atoms with Gasteiger partial charge in [-0.2, -0.15) is 0 Å². The summed E-state index contributed by atoms with van der Waals surface area (Å²) >= 11 is 0. The van der Waals surface area contributed by atoms with Crippen LogP contribution in [0.5, 0.6) is 11.5 Å². The highest BCUT2D eigenvalue weighted by Crippen LogP contribution is 2.35. The summed E-state index contributed by atoms with van der Waals surface area (Å²) < 4.78 is 11.7. The third kappa shape index (κ3) is 4.43. The van der Waals surface area contributed by atoms with E-state index < -0.39 is 6.17 Å². The van der Waals surface area contributed by atoms with Crippen LogP contribution >= 0.6 is 0 Å². The zero-order chi connectivity index (χ0) is 19.3. The Balaban J connectivity index is 2.49. The van der Waals surface area contributed by atoms with E-state index >= 15 is 0 Å². The summed E-state index contributed by atoms with van der Waals surface area (Å²) in [6.45, 7) is 8.02. The van der Waals surface area contributed by atoms with E-state index in [1.54, 1.807) is 19.5 Å². The Kier molecular flexibility index (Phi) is 6.41. The molecule has 0 aromatic heterocycles.